The molecule has 0 spiro atoms. The van der Waals surface area contributed by atoms with E-state index in [2.05, 4.69) is 191 Å². The van der Waals surface area contributed by atoms with Gasteiger partial charge in [-0.25, -0.2) is 15.0 Å². The van der Waals surface area contributed by atoms with Crippen molar-refractivity contribution >= 4 is 39.1 Å². The molecule has 0 saturated carbocycles. The summed E-state index contributed by atoms with van der Waals surface area (Å²) in [5, 5.41) is 1.04. The summed E-state index contributed by atoms with van der Waals surface area (Å²) >= 11 is 0. The van der Waals surface area contributed by atoms with E-state index in [0.29, 0.717) is 5.95 Å². The van der Waals surface area contributed by atoms with Gasteiger partial charge in [0.05, 0.1) is 27.9 Å². The highest BCUT2D eigenvalue weighted by molar-refractivity contribution is 6.06. The molecular formula is C51H33N5. The fourth-order valence-electron chi connectivity index (χ4n) is 9.46. The van der Waals surface area contributed by atoms with Crippen LogP contribution in [0, 0.1) is 0 Å². The van der Waals surface area contributed by atoms with E-state index >= 15 is 0 Å². The Bertz CT molecular complexity index is 3090. The predicted molar refractivity (Wildman–Crippen MR) is 227 cm³/mol. The minimum absolute atomic E-state index is 0.0631. The highest BCUT2D eigenvalue weighted by Crippen LogP contribution is 2.62. The average Bonchev–Trinajstić information content (AvgIpc) is 3.83. The lowest BCUT2D eigenvalue weighted by atomic mass is 9.66. The third kappa shape index (κ3) is 4.45. The molecule has 0 fully saturated rings. The number of anilines is 2. The zero-order valence-corrected chi connectivity index (χ0v) is 30.3. The van der Waals surface area contributed by atoms with Crippen LogP contribution in [-0.4, -0.2) is 19.5 Å². The lowest BCUT2D eigenvalue weighted by molar-refractivity contribution is 0.718. The van der Waals surface area contributed by atoms with E-state index in [1.165, 1.54) is 39.1 Å². The molecular weight excluding hydrogens is 683 g/mol. The topological polar surface area (TPSA) is 46.8 Å². The first kappa shape index (κ1) is 31.0. The Morgan fingerprint density at radius 2 is 1.16 bits per heavy atom. The van der Waals surface area contributed by atoms with Crippen molar-refractivity contribution in [3.8, 4) is 39.5 Å². The smallest absolute Gasteiger partial charge is 0.235 e. The van der Waals surface area contributed by atoms with Gasteiger partial charge in [0.25, 0.3) is 0 Å². The normalized spacial score (nSPS) is 16.4. The van der Waals surface area contributed by atoms with Crippen molar-refractivity contribution in [1.29, 1.82) is 0 Å². The minimum Gasteiger partial charge on any atom is -0.292 e. The van der Waals surface area contributed by atoms with Crippen molar-refractivity contribution in [3.63, 3.8) is 0 Å². The maximum atomic E-state index is 5.52. The summed E-state index contributed by atoms with van der Waals surface area (Å²) < 4.78 is 2.31. The third-order valence-corrected chi connectivity index (χ3v) is 11.8. The molecule has 12 rings (SSSR count). The Morgan fingerprint density at radius 1 is 0.482 bits per heavy atom. The maximum Gasteiger partial charge on any atom is 0.235 e. The predicted octanol–water partition coefficient (Wildman–Crippen LogP) is 12.3. The fourth-order valence-corrected chi connectivity index (χ4v) is 9.46. The molecule has 0 amide bonds. The van der Waals surface area contributed by atoms with Gasteiger partial charge in [0.1, 0.15) is 5.82 Å². The molecule has 1 aliphatic heterocycles. The Hall–Kier alpha value is -7.37. The molecule has 56 heavy (non-hydrogen) atoms. The molecule has 0 N–H and O–H groups in total. The second kappa shape index (κ2) is 12.1. The number of fused-ring (bicyclic) bond motifs is 13. The Kier molecular flexibility index (Phi) is 6.69. The van der Waals surface area contributed by atoms with Crippen LogP contribution in [0.2, 0.25) is 0 Å². The Morgan fingerprint density at radius 3 is 1.98 bits per heavy atom. The molecule has 2 unspecified atom stereocenters. The van der Waals surface area contributed by atoms with Crippen LogP contribution in [-0.2, 0) is 0 Å². The first-order valence-electron chi connectivity index (χ1n) is 19.2. The van der Waals surface area contributed by atoms with Gasteiger partial charge >= 0.3 is 0 Å². The zero-order chi connectivity index (χ0) is 36.7. The van der Waals surface area contributed by atoms with E-state index in [1.807, 2.05) is 6.07 Å². The zero-order valence-electron chi connectivity index (χ0n) is 30.3. The van der Waals surface area contributed by atoms with Gasteiger partial charge in [-0.3, -0.25) is 9.47 Å². The van der Waals surface area contributed by atoms with E-state index in [0.717, 1.165) is 56.0 Å². The summed E-state index contributed by atoms with van der Waals surface area (Å²) in [6.45, 7) is 0. The number of nitrogens with zero attached hydrogens (tertiary/aromatic N) is 5. The lowest BCUT2D eigenvalue weighted by Crippen LogP contribution is -2.24. The molecule has 7 aromatic carbocycles. The lowest BCUT2D eigenvalue weighted by Gasteiger charge is -2.38. The molecule has 2 aromatic heterocycles. The number of imidazole rings is 1. The van der Waals surface area contributed by atoms with Crippen LogP contribution < -0.4 is 4.90 Å². The second-order valence-corrected chi connectivity index (χ2v) is 14.7. The first-order valence-corrected chi connectivity index (χ1v) is 19.2. The first-order chi connectivity index (χ1) is 27.8. The van der Waals surface area contributed by atoms with Gasteiger partial charge in [0, 0.05) is 45.3 Å². The molecule has 3 heterocycles. The largest absolute Gasteiger partial charge is 0.292 e. The van der Waals surface area contributed by atoms with E-state index in [9.17, 15) is 0 Å². The van der Waals surface area contributed by atoms with Gasteiger partial charge in [-0.1, -0.05) is 152 Å². The molecule has 5 nitrogen and oxygen atoms in total. The Labute approximate surface area is 324 Å². The van der Waals surface area contributed by atoms with Gasteiger partial charge in [-0.05, 0) is 64.2 Å². The van der Waals surface area contributed by atoms with E-state index < -0.39 is 0 Å². The molecule has 3 aliphatic rings. The molecule has 2 aliphatic carbocycles. The van der Waals surface area contributed by atoms with Crippen molar-refractivity contribution in [1.82, 2.24) is 19.5 Å². The molecule has 0 radical (unpaired) electrons. The summed E-state index contributed by atoms with van der Waals surface area (Å²) in [4.78, 5) is 18.4. The van der Waals surface area contributed by atoms with Crippen molar-refractivity contribution in [2.75, 3.05) is 4.90 Å². The van der Waals surface area contributed by atoms with Crippen LogP contribution in [0.15, 0.2) is 194 Å². The van der Waals surface area contributed by atoms with Gasteiger partial charge in [0.2, 0.25) is 5.95 Å². The van der Waals surface area contributed by atoms with Gasteiger partial charge in [0.15, 0.2) is 0 Å². The molecule has 2 atom stereocenters. The quantitative estimate of drug-likeness (QED) is 0.182. The van der Waals surface area contributed by atoms with E-state index in [-0.39, 0.29) is 11.8 Å². The summed E-state index contributed by atoms with van der Waals surface area (Å²) in [7, 11) is 0. The van der Waals surface area contributed by atoms with Gasteiger partial charge in [-0.2, -0.15) is 0 Å². The third-order valence-electron chi connectivity index (χ3n) is 11.8. The molecule has 262 valence electrons. The number of hydrogen-bond acceptors (Lipinski definition) is 4. The van der Waals surface area contributed by atoms with Crippen LogP contribution in [0.5, 0.6) is 0 Å². The standard InChI is InChI=1S/C51H33N5/c1-4-16-32(17-5-1)48-39-24-12-14-26-41(39)52-51(54-48)56-42-27-15-13-25-40(42)47-43(56)30-28-37-38-29-31-44-49(46(38)36-23-11-10-22-35(36)45(37)47)53-50(33-18-6-2-7-19-33)55(44)34-20-8-3-9-21-34/h1-31,45,47H. The minimum atomic E-state index is 0.0631. The number of para-hydroxylation sites is 3. The maximum absolute atomic E-state index is 5.52. The number of allylic oxidation sites excluding steroid dienone is 4. The number of rotatable bonds is 4. The summed E-state index contributed by atoms with van der Waals surface area (Å²) in [6.07, 6.45) is 4.67. The number of aromatic nitrogens is 4. The van der Waals surface area contributed by atoms with Crippen molar-refractivity contribution in [2.24, 2.45) is 0 Å². The SMILES string of the molecule is C1=C2c3ccc4c(nc(-c5ccccc5)n4-c4ccccc4)c3-c3ccccc3C2C2C(=C1)N(c1nc(-c3ccccc3)c3ccccc3n1)c1ccccc12. The average molecular weight is 716 g/mol. The number of benzene rings is 7. The second-order valence-electron chi connectivity index (χ2n) is 14.7. The van der Waals surface area contributed by atoms with E-state index in [4.69, 9.17) is 15.0 Å². The van der Waals surface area contributed by atoms with Crippen molar-refractivity contribution in [3.05, 3.63) is 210 Å². The highest BCUT2D eigenvalue weighted by Gasteiger charge is 2.46. The summed E-state index contributed by atoms with van der Waals surface area (Å²) in [5.74, 6) is 1.77. The van der Waals surface area contributed by atoms with Crippen LogP contribution >= 0.6 is 0 Å². The molecule has 0 bridgehead atoms. The monoisotopic (exact) mass is 715 g/mol. The molecule has 0 saturated heterocycles. The van der Waals surface area contributed by atoms with E-state index in [1.54, 1.807) is 0 Å². The van der Waals surface area contributed by atoms with Crippen molar-refractivity contribution in [2.45, 2.75) is 11.8 Å². The van der Waals surface area contributed by atoms with Crippen LogP contribution in [0.1, 0.15) is 28.5 Å². The fraction of sp³-hybridized carbons (Fsp3) is 0.0392. The Balaban J connectivity index is 1.09. The number of hydrogen-bond donors (Lipinski definition) is 0. The summed E-state index contributed by atoms with van der Waals surface area (Å²) in [5.41, 5.74) is 17.1. The van der Waals surface area contributed by atoms with Gasteiger partial charge in [-0.15, -0.1) is 0 Å². The van der Waals surface area contributed by atoms with Crippen LogP contribution in [0.4, 0.5) is 11.6 Å². The van der Waals surface area contributed by atoms with Gasteiger partial charge < -0.3 is 0 Å². The van der Waals surface area contributed by atoms with Crippen molar-refractivity contribution < 1.29 is 0 Å². The van der Waals surface area contributed by atoms with Crippen LogP contribution in [0.25, 0.3) is 67.0 Å². The van der Waals surface area contributed by atoms with Crippen LogP contribution in [0.3, 0.4) is 0 Å². The molecule has 5 heteroatoms. The summed E-state index contributed by atoms with van der Waals surface area (Å²) in [6, 6.07) is 62.3. The highest BCUT2D eigenvalue weighted by atomic mass is 15.3. The molecule has 9 aromatic rings.